The van der Waals surface area contributed by atoms with Crippen molar-refractivity contribution in [2.75, 3.05) is 31.4 Å². The summed E-state index contributed by atoms with van der Waals surface area (Å²) < 4.78 is 30.7. The van der Waals surface area contributed by atoms with Crippen LogP contribution in [-0.4, -0.2) is 44.1 Å². The molecule has 1 fully saturated rings. The summed E-state index contributed by atoms with van der Waals surface area (Å²) in [5, 5.41) is 0.0943. The van der Waals surface area contributed by atoms with Crippen LogP contribution in [-0.2, 0) is 14.8 Å². The van der Waals surface area contributed by atoms with Crippen molar-refractivity contribution in [3.8, 4) is 0 Å². The number of hydrogen-bond acceptors (Lipinski definition) is 4. The second-order valence-corrected chi connectivity index (χ2v) is 7.08. The first-order valence-electron chi connectivity index (χ1n) is 5.42. The average Bonchev–Trinajstić information content (AvgIpc) is 2.39. The molecule has 1 saturated heterocycles. The summed E-state index contributed by atoms with van der Waals surface area (Å²) in [5.74, 6) is 0. The number of ether oxygens (including phenoxy) is 1. The van der Waals surface area contributed by atoms with Crippen molar-refractivity contribution in [3.63, 3.8) is 0 Å². The topological polar surface area (TPSA) is 46.6 Å². The highest BCUT2D eigenvalue weighted by molar-refractivity contribution is 8.11. The Morgan fingerprint density at radius 1 is 1.18 bits per heavy atom. The summed E-state index contributed by atoms with van der Waals surface area (Å²) in [6.07, 6.45) is 0. The van der Waals surface area contributed by atoms with Crippen LogP contribution in [0.25, 0.3) is 0 Å². The van der Waals surface area contributed by atoms with Gasteiger partial charge in [0.2, 0.25) is 10.0 Å². The molecule has 0 unspecified atom stereocenters. The van der Waals surface area contributed by atoms with Gasteiger partial charge in [0, 0.05) is 18.0 Å². The van der Waals surface area contributed by atoms with Crippen molar-refractivity contribution in [1.29, 1.82) is 0 Å². The monoisotopic (exact) mass is 273 g/mol. The summed E-state index contributed by atoms with van der Waals surface area (Å²) >= 11 is 1.35. The molecule has 0 saturated carbocycles. The quantitative estimate of drug-likeness (QED) is 0.778. The van der Waals surface area contributed by atoms with Crippen LogP contribution in [0.4, 0.5) is 0 Å². The highest BCUT2D eigenvalue weighted by Crippen LogP contribution is 2.21. The molecule has 0 aliphatic carbocycles. The van der Waals surface area contributed by atoms with Crippen LogP contribution in [0.2, 0.25) is 0 Å². The zero-order valence-corrected chi connectivity index (χ0v) is 11.0. The first-order valence-corrected chi connectivity index (χ1v) is 8.01. The van der Waals surface area contributed by atoms with Crippen molar-refractivity contribution in [2.45, 2.75) is 4.90 Å². The first-order chi connectivity index (χ1) is 8.18. The normalized spacial score (nSPS) is 18.1. The fourth-order valence-electron chi connectivity index (χ4n) is 1.56. The molecule has 0 N–H and O–H groups in total. The fraction of sp³-hybridized carbons (Fsp3) is 0.455. The van der Waals surface area contributed by atoms with E-state index in [0.717, 1.165) is 4.90 Å². The molecule has 1 aromatic carbocycles. The lowest BCUT2D eigenvalue weighted by atomic mass is 10.4. The van der Waals surface area contributed by atoms with Crippen molar-refractivity contribution in [1.82, 2.24) is 4.31 Å². The van der Waals surface area contributed by atoms with Gasteiger partial charge in [-0.15, -0.1) is 11.8 Å². The van der Waals surface area contributed by atoms with E-state index in [0.29, 0.717) is 26.3 Å². The third kappa shape index (κ3) is 3.70. The lowest BCUT2D eigenvalue weighted by Crippen LogP contribution is -2.41. The molecular weight excluding hydrogens is 258 g/mol. The number of morpholine rings is 1. The summed E-state index contributed by atoms with van der Waals surface area (Å²) in [4.78, 5) is 0.976. The average molecular weight is 273 g/mol. The van der Waals surface area contributed by atoms with Gasteiger partial charge in [-0.3, -0.25) is 0 Å². The molecule has 17 heavy (non-hydrogen) atoms. The first kappa shape index (κ1) is 12.9. The van der Waals surface area contributed by atoms with Gasteiger partial charge in [-0.25, -0.2) is 8.42 Å². The van der Waals surface area contributed by atoms with Gasteiger partial charge in [0.15, 0.2) is 0 Å². The summed E-state index contributed by atoms with van der Waals surface area (Å²) in [6, 6.07) is 9.56. The zero-order valence-electron chi connectivity index (χ0n) is 9.41. The number of benzene rings is 1. The largest absolute Gasteiger partial charge is 0.379 e. The maximum absolute atomic E-state index is 12.0. The SMILES string of the molecule is O=S(=O)(CSc1ccccc1)N1CCOCC1. The van der Waals surface area contributed by atoms with Gasteiger partial charge in [-0.1, -0.05) is 18.2 Å². The number of rotatable bonds is 4. The van der Waals surface area contributed by atoms with Gasteiger partial charge in [0.05, 0.1) is 13.2 Å². The van der Waals surface area contributed by atoms with Crippen molar-refractivity contribution in [3.05, 3.63) is 30.3 Å². The van der Waals surface area contributed by atoms with Crippen molar-refractivity contribution < 1.29 is 13.2 Å². The molecule has 4 nitrogen and oxygen atoms in total. The van der Waals surface area contributed by atoms with Gasteiger partial charge in [-0.05, 0) is 12.1 Å². The Hall–Kier alpha value is -0.560. The molecule has 0 aromatic heterocycles. The van der Waals surface area contributed by atoms with Crippen LogP contribution >= 0.6 is 11.8 Å². The minimum absolute atomic E-state index is 0.0943. The Morgan fingerprint density at radius 3 is 2.47 bits per heavy atom. The molecule has 6 heteroatoms. The summed E-state index contributed by atoms with van der Waals surface area (Å²) in [5.41, 5.74) is 0. The minimum atomic E-state index is -3.17. The van der Waals surface area contributed by atoms with Gasteiger partial charge in [0.25, 0.3) is 0 Å². The number of nitrogens with zero attached hydrogens (tertiary/aromatic N) is 1. The van der Waals surface area contributed by atoms with Crippen LogP contribution < -0.4 is 0 Å². The van der Waals surface area contributed by atoms with E-state index in [1.807, 2.05) is 30.3 Å². The Balaban J connectivity index is 1.93. The van der Waals surface area contributed by atoms with Crippen LogP contribution in [0.1, 0.15) is 0 Å². The van der Waals surface area contributed by atoms with Gasteiger partial charge >= 0.3 is 0 Å². The van der Waals surface area contributed by atoms with Crippen molar-refractivity contribution in [2.24, 2.45) is 0 Å². The summed E-state index contributed by atoms with van der Waals surface area (Å²) in [7, 11) is -3.17. The van der Waals surface area contributed by atoms with Gasteiger partial charge < -0.3 is 4.74 Å². The Labute approximate surface area is 106 Å². The van der Waals surface area contributed by atoms with Crippen LogP contribution in [0.15, 0.2) is 35.2 Å². The van der Waals surface area contributed by atoms with Crippen LogP contribution in [0.3, 0.4) is 0 Å². The Bertz CT molecular complexity index is 441. The molecule has 0 amide bonds. The lowest BCUT2D eigenvalue weighted by molar-refractivity contribution is 0.0732. The maximum Gasteiger partial charge on any atom is 0.224 e. The Kier molecular flexibility index (Phi) is 4.44. The third-order valence-electron chi connectivity index (χ3n) is 2.48. The lowest BCUT2D eigenvalue weighted by Gasteiger charge is -2.25. The van der Waals surface area contributed by atoms with E-state index in [4.69, 9.17) is 4.74 Å². The predicted octanol–water partition coefficient (Wildman–Crippen LogP) is 1.40. The second kappa shape index (κ2) is 5.86. The van der Waals surface area contributed by atoms with Gasteiger partial charge in [0.1, 0.15) is 5.08 Å². The number of sulfonamides is 1. The standard InChI is InChI=1S/C11H15NO3S2/c13-17(14,12-6-8-15-9-7-12)10-16-11-4-2-1-3-5-11/h1-5H,6-10H2. The molecule has 1 heterocycles. The minimum Gasteiger partial charge on any atom is -0.379 e. The Morgan fingerprint density at radius 2 is 1.82 bits per heavy atom. The van der Waals surface area contributed by atoms with Gasteiger partial charge in [-0.2, -0.15) is 4.31 Å². The molecular formula is C11H15NO3S2. The molecule has 2 rings (SSSR count). The van der Waals surface area contributed by atoms with E-state index in [-0.39, 0.29) is 5.08 Å². The van der Waals surface area contributed by atoms with E-state index in [9.17, 15) is 8.42 Å². The molecule has 1 aromatic rings. The third-order valence-corrected chi connectivity index (χ3v) is 5.90. The highest BCUT2D eigenvalue weighted by Gasteiger charge is 2.24. The number of thioether (sulfide) groups is 1. The molecule has 0 bridgehead atoms. The van der Waals surface area contributed by atoms with Crippen molar-refractivity contribution >= 4 is 21.8 Å². The summed E-state index contributed by atoms with van der Waals surface area (Å²) in [6.45, 7) is 1.93. The highest BCUT2D eigenvalue weighted by atomic mass is 32.3. The molecule has 0 atom stereocenters. The zero-order chi connectivity index (χ0) is 12.1. The molecule has 1 aliphatic heterocycles. The predicted molar refractivity (Wildman–Crippen MR) is 68.5 cm³/mol. The fourth-order valence-corrected chi connectivity index (χ4v) is 4.35. The van der Waals surface area contributed by atoms with E-state index in [1.54, 1.807) is 0 Å². The van der Waals surface area contributed by atoms with Crippen LogP contribution in [0.5, 0.6) is 0 Å². The van der Waals surface area contributed by atoms with Crippen LogP contribution in [0, 0.1) is 0 Å². The smallest absolute Gasteiger partial charge is 0.224 e. The van der Waals surface area contributed by atoms with E-state index in [1.165, 1.54) is 16.1 Å². The van der Waals surface area contributed by atoms with E-state index >= 15 is 0 Å². The molecule has 94 valence electrons. The molecule has 1 aliphatic rings. The number of hydrogen-bond donors (Lipinski definition) is 0. The van der Waals surface area contributed by atoms with E-state index < -0.39 is 10.0 Å². The second-order valence-electron chi connectivity index (χ2n) is 3.70. The van der Waals surface area contributed by atoms with E-state index in [2.05, 4.69) is 0 Å². The maximum atomic E-state index is 12.0. The molecule has 0 radical (unpaired) electrons. The molecule has 0 spiro atoms.